The Morgan fingerprint density at radius 2 is 1.58 bits per heavy atom. The van der Waals surface area contributed by atoms with Gasteiger partial charge in [-0.1, -0.05) is 23.7 Å². The fraction of sp³-hybridized carbons (Fsp3) is 0.391. The van der Waals surface area contributed by atoms with Gasteiger partial charge in [0.15, 0.2) is 23.7 Å². The number of carbonyl (C=O) groups is 3. The van der Waals surface area contributed by atoms with Crippen molar-refractivity contribution < 1.29 is 33.3 Å². The molecule has 176 valence electrons. The molecule has 0 spiro atoms. The monoisotopic (exact) mass is 493 g/mol. The molecule has 1 aromatic carbocycles. The number of thioether (sulfide) groups is 1. The van der Waals surface area contributed by atoms with Crippen molar-refractivity contribution in [3.8, 4) is 16.9 Å². The Labute approximate surface area is 200 Å². The molecule has 1 fully saturated rings. The van der Waals surface area contributed by atoms with Gasteiger partial charge in [-0.3, -0.25) is 19.4 Å². The minimum atomic E-state index is -1.04. The molecule has 10 heteroatoms. The molecule has 8 nitrogen and oxygen atoms in total. The number of halogens is 1. The van der Waals surface area contributed by atoms with Crippen LogP contribution in [0.15, 0.2) is 36.5 Å². The molecule has 4 atom stereocenters. The molecule has 2 aromatic rings. The maximum Gasteiger partial charge on any atom is 0.303 e. The van der Waals surface area contributed by atoms with Crippen LogP contribution >= 0.6 is 23.4 Å². The number of aromatic nitrogens is 1. The first-order chi connectivity index (χ1) is 15.6. The molecular formula is C23H24ClNO7S. The zero-order valence-electron chi connectivity index (χ0n) is 18.6. The van der Waals surface area contributed by atoms with Crippen LogP contribution in [0.4, 0.5) is 0 Å². The first-order valence-electron chi connectivity index (χ1n) is 10.2. The third kappa shape index (κ3) is 6.61. The molecule has 3 rings (SSSR count). The molecule has 0 amide bonds. The number of esters is 3. The van der Waals surface area contributed by atoms with Crippen LogP contribution in [-0.2, 0) is 28.6 Å². The van der Waals surface area contributed by atoms with Crippen LogP contribution in [0.25, 0.3) is 11.1 Å². The Morgan fingerprint density at radius 1 is 0.939 bits per heavy atom. The van der Waals surface area contributed by atoms with Gasteiger partial charge in [0.25, 0.3) is 0 Å². The summed E-state index contributed by atoms with van der Waals surface area (Å²) in [4.78, 5) is 39.4. The molecule has 1 aliphatic heterocycles. The fourth-order valence-electron chi connectivity index (χ4n) is 3.35. The fourth-order valence-corrected chi connectivity index (χ4v) is 4.72. The van der Waals surface area contributed by atoms with Crippen molar-refractivity contribution in [2.75, 3.05) is 5.75 Å². The van der Waals surface area contributed by atoms with Crippen LogP contribution in [0.5, 0.6) is 5.75 Å². The van der Waals surface area contributed by atoms with E-state index in [2.05, 4.69) is 4.98 Å². The molecule has 2 heterocycles. The molecule has 0 N–H and O–H groups in total. The number of carbonyl (C=O) groups excluding carboxylic acids is 3. The SMILES string of the molecule is CC(=O)O[C@@H]1[C@@H](OC(C)=O)[C@@H](Oc2cc(-c3ccc(C)nc3)ccc2Cl)SC[C@H]1OC(C)=O. The molecule has 0 radical (unpaired) electrons. The predicted molar refractivity (Wildman–Crippen MR) is 123 cm³/mol. The lowest BCUT2D eigenvalue weighted by Crippen LogP contribution is -2.55. The van der Waals surface area contributed by atoms with Gasteiger partial charge in [-0.15, -0.1) is 11.8 Å². The normalized spacial score (nSPS) is 22.2. The van der Waals surface area contributed by atoms with Gasteiger partial charge >= 0.3 is 17.9 Å². The summed E-state index contributed by atoms with van der Waals surface area (Å²) < 4.78 is 22.3. The summed E-state index contributed by atoms with van der Waals surface area (Å²) in [7, 11) is 0. The van der Waals surface area contributed by atoms with Crippen molar-refractivity contribution in [1.29, 1.82) is 0 Å². The van der Waals surface area contributed by atoms with Gasteiger partial charge in [-0.2, -0.15) is 0 Å². The van der Waals surface area contributed by atoms with Gasteiger partial charge in [0.05, 0.1) is 5.02 Å². The highest BCUT2D eigenvalue weighted by atomic mass is 35.5. The van der Waals surface area contributed by atoms with Crippen LogP contribution in [0.3, 0.4) is 0 Å². The van der Waals surface area contributed by atoms with Gasteiger partial charge in [-0.05, 0) is 30.7 Å². The molecule has 1 aromatic heterocycles. The Morgan fingerprint density at radius 3 is 2.18 bits per heavy atom. The smallest absolute Gasteiger partial charge is 0.303 e. The number of nitrogens with zero attached hydrogens (tertiary/aromatic N) is 1. The van der Waals surface area contributed by atoms with Gasteiger partial charge in [-0.25, -0.2) is 0 Å². The van der Waals surface area contributed by atoms with Crippen LogP contribution in [0, 0.1) is 6.92 Å². The van der Waals surface area contributed by atoms with E-state index in [1.54, 1.807) is 18.3 Å². The third-order valence-corrected chi connectivity index (χ3v) is 6.25. The van der Waals surface area contributed by atoms with E-state index in [4.69, 9.17) is 30.5 Å². The van der Waals surface area contributed by atoms with E-state index in [-0.39, 0.29) is 5.75 Å². The molecule has 0 unspecified atom stereocenters. The van der Waals surface area contributed by atoms with Gasteiger partial charge < -0.3 is 18.9 Å². The Hall–Kier alpha value is -2.78. The lowest BCUT2D eigenvalue weighted by molar-refractivity contribution is -0.186. The average molecular weight is 494 g/mol. The summed E-state index contributed by atoms with van der Waals surface area (Å²) >= 11 is 7.65. The molecule has 1 saturated heterocycles. The summed E-state index contributed by atoms with van der Waals surface area (Å²) in [6, 6.07) is 9.14. The Bertz CT molecular complexity index is 1030. The highest BCUT2D eigenvalue weighted by Crippen LogP contribution is 2.37. The Kier molecular flexibility index (Phi) is 8.20. The van der Waals surface area contributed by atoms with Crippen molar-refractivity contribution >= 4 is 41.3 Å². The second-order valence-electron chi connectivity index (χ2n) is 7.45. The van der Waals surface area contributed by atoms with E-state index in [1.165, 1.54) is 32.5 Å². The molecule has 0 saturated carbocycles. The molecule has 0 bridgehead atoms. The van der Waals surface area contributed by atoms with Gasteiger partial charge in [0.2, 0.25) is 0 Å². The molecule has 33 heavy (non-hydrogen) atoms. The largest absolute Gasteiger partial charge is 0.474 e. The van der Waals surface area contributed by atoms with Crippen LogP contribution in [0.1, 0.15) is 26.5 Å². The lowest BCUT2D eigenvalue weighted by Gasteiger charge is -2.40. The van der Waals surface area contributed by atoms with E-state index in [0.717, 1.165) is 16.8 Å². The van der Waals surface area contributed by atoms with E-state index >= 15 is 0 Å². The standard InChI is InChI=1S/C23H24ClNO7S/c1-12-5-6-17(10-25-12)16-7-8-18(24)19(9-16)32-23-22(31-15(4)28)21(30-14(3)27)20(11-33-23)29-13(2)26/h5-10,20-23H,11H2,1-4H3/t20-,21+,22-,23+/m1/s1. The first kappa shape index (κ1) is 24.9. The van der Waals surface area contributed by atoms with Gasteiger partial charge in [0, 0.05) is 44.0 Å². The predicted octanol–water partition coefficient (Wildman–Crippen LogP) is 3.96. The summed E-state index contributed by atoms with van der Waals surface area (Å²) in [6.45, 7) is 5.62. The second kappa shape index (κ2) is 10.9. The second-order valence-corrected chi connectivity index (χ2v) is 8.99. The number of ether oxygens (including phenoxy) is 4. The van der Waals surface area contributed by atoms with E-state index in [0.29, 0.717) is 10.8 Å². The van der Waals surface area contributed by atoms with Crippen molar-refractivity contribution in [2.24, 2.45) is 0 Å². The summed E-state index contributed by atoms with van der Waals surface area (Å²) in [5.41, 5.74) is 1.84. The quantitative estimate of drug-likeness (QED) is 0.437. The minimum Gasteiger partial charge on any atom is -0.474 e. The summed E-state index contributed by atoms with van der Waals surface area (Å²) in [5, 5.41) is 0.354. The molecular weight excluding hydrogens is 470 g/mol. The summed E-state index contributed by atoms with van der Waals surface area (Å²) in [6.07, 6.45) is -1.12. The number of rotatable bonds is 6. The number of hydrogen-bond donors (Lipinski definition) is 0. The highest BCUT2D eigenvalue weighted by Gasteiger charge is 2.47. The van der Waals surface area contributed by atoms with E-state index in [1.807, 2.05) is 25.1 Å². The maximum absolute atomic E-state index is 11.8. The van der Waals surface area contributed by atoms with E-state index in [9.17, 15) is 14.4 Å². The van der Waals surface area contributed by atoms with Crippen molar-refractivity contribution in [2.45, 2.75) is 51.4 Å². The molecule has 1 aliphatic rings. The van der Waals surface area contributed by atoms with Crippen LogP contribution in [-0.4, -0.2) is 52.4 Å². The minimum absolute atomic E-state index is 0.263. The number of benzene rings is 1. The number of aryl methyl sites for hydroxylation is 1. The summed E-state index contributed by atoms with van der Waals surface area (Å²) in [5.74, 6) is -1.12. The highest BCUT2D eigenvalue weighted by molar-refractivity contribution is 7.99. The third-order valence-electron chi connectivity index (χ3n) is 4.72. The average Bonchev–Trinajstić information content (AvgIpc) is 2.73. The number of pyridine rings is 1. The number of hydrogen-bond acceptors (Lipinski definition) is 9. The van der Waals surface area contributed by atoms with Gasteiger partial charge in [0.1, 0.15) is 5.75 Å². The lowest BCUT2D eigenvalue weighted by atomic mass is 10.1. The zero-order valence-corrected chi connectivity index (χ0v) is 20.1. The molecule has 0 aliphatic carbocycles. The zero-order chi connectivity index (χ0) is 24.1. The van der Waals surface area contributed by atoms with E-state index < -0.39 is 41.7 Å². The first-order valence-corrected chi connectivity index (χ1v) is 11.6. The van der Waals surface area contributed by atoms with Crippen LogP contribution in [0.2, 0.25) is 5.02 Å². The topological polar surface area (TPSA) is 101 Å². The van der Waals surface area contributed by atoms with Crippen molar-refractivity contribution in [3.63, 3.8) is 0 Å². The Balaban J connectivity index is 1.91. The van der Waals surface area contributed by atoms with Crippen LogP contribution < -0.4 is 4.74 Å². The maximum atomic E-state index is 11.8. The van der Waals surface area contributed by atoms with Crippen molar-refractivity contribution in [1.82, 2.24) is 4.98 Å². The van der Waals surface area contributed by atoms with Crippen molar-refractivity contribution in [3.05, 3.63) is 47.2 Å².